The lowest BCUT2D eigenvalue weighted by Gasteiger charge is -2.20. The molecule has 2 aliphatic heterocycles. The van der Waals surface area contributed by atoms with Gasteiger partial charge >= 0.3 is 0 Å². The van der Waals surface area contributed by atoms with Crippen molar-refractivity contribution in [3.05, 3.63) is 58.5 Å². The van der Waals surface area contributed by atoms with Gasteiger partial charge in [0.25, 0.3) is 26.1 Å². The van der Waals surface area contributed by atoms with Crippen LogP contribution < -0.4 is 4.90 Å². The number of amides is 1. The van der Waals surface area contributed by atoms with Crippen LogP contribution in [0.15, 0.2) is 63.4 Å². The van der Waals surface area contributed by atoms with E-state index in [0.717, 1.165) is 43.0 Å². The zero-order chi connectivity index (χ0) is 25.4. The fourth-order valence-corrected chi connectivity index (χ4v) is 7.03. The van der Waals surface area contributed by atoms with Gasteiger partial charge in [-0.15, -0.1) is 0 Å². The van der Waals surface area contributed by atoms with E-state index in [4.69, 9.17) is 21.3 Å². The number of nitrogens with zero attached hydrogens (tertiary/aromatic N) is 2. The second-order valence-electron chi connectivity index (χ2n) is 7.67. The molecule has 1 saturated heterocycles. The first kappa shape index (κ1) is 26.1. The van der Waals surface area contributed by atoms with Gasteiger partial charge in [0.05, 0.1) is 27.1 Å². The summed E-state index contributed by atoms with van der Waals surface area (Å²) in [5, 5.41) is 2.85. The molecule has 0 aromatic heterocycles. The van der Waals surface area contributed by atoms with Crippen LogP contribution in [0.3, 0.4) is 0 Å². The smallest absolute Gasteiger partial charge is 0.266 e. The molecule has 1 fully saturated rings. The minimum absolute atomic E-state index is 0.195. The van der Waals surface area contributed by atoms with Gasteiger partial charge in [0.15, 0.2) is 0 Å². The van der Waals surface area contributed by atoms with Crippen molar-refractivity contribution in [2.24, 2.45) is 0 Å². The monoisotopic (exact) mass is 572 g/mol. The molecule has 0 atom stereocenters. The number of hydrogen-bond acceptors (Lipinski definition) is 9. The van der Waals surface area contributed by atoms with Gasteiger partial charge in [-0.05, 0) is 35.4 Å². The number of anilines is 1. The number of thioether (sulfide) groups is 2. The van der Waals surface area contributed by atoms with Crippen LogP contribution in [0.25, 0.3) is 10.8 Å². The molecule has 2 aromatic rings. The minimum atomic E-state index is -4.24. The van der Waals surface area contributed by atoms with Gasteiger partial charge < -0.3 is 4.90 Å². The minimum Gasteiger partial charge on any atom is -0.335 e. The third kappa shape index (κ3) is 6.25. The molecule has 0 unspecified atom stereocenters. The van der Waals surface area contributed by atoms with Crippen molar-refractivity contribution < 1.29 is 30.7 Å². The predicted octanol–water partition coefficient (Wildman–Crippen LogP) is 3.50. The van der Waals surface area contributed by atoms with Crippen LogP contribution in [-0.4, -0.2) is 65.7 Å². The van der Waals surface area contributed by atoms with Gasteiger partial charge in [-0.3, -0.25) is 18.8 Å². The highest BCUT2D eigenvalue weighted by Gasteiger charge is 2.33. The highest BCUT2D eigenvalue weighted by atomic mass is 32.2. The third-order valence-electron chi connectivity index (χ3n) is 5.23. The third-order valence-corrected chi connectivity index (χ3v) is 9.33. The average molecular weight is 573 g/mol. The van der Waals surface area contributed by atoms with E-state index >= 15 is 0 Å². The number of hydrogen-bond donors (Lipinski definition) is 2. The first-order valence-electron chi connectivity index (χ1n) is 10.3. The Morgan fingerprint density at radius 3 is 2.31 bits per heavy atom. The maximum Gasteiger partial charge on any atom is 0.266 e. The number of allylic oxidation sites excluding steroid dienone is 2. The van der Waals surface area contributed by atoms with Crippen molar-refractivity contribution in [3.63, 3.8) is 0 Å². The normalized spacial score (nSPS) is 18.9. The number of rotatable bonds is 8. The van der Waals surface area contributed by atoms with Crippen molar-refractivity contribution in [3.8, 4) is 0 Å². The van der Waals surface area contributed by atoms with Crippen molar-refractivity contribution >= 4 is 82.7 Å². The number of carbonyl (C=O) groups excluding carboxylic acids is 1. The molecule has 186 valence electrons. The maximum atomic E-state index is 12.7. The Hall–Kier alpha value is -1.94. The van der Waals surface area contributed by atoms with Crippen LogP contribution >= 0.6 is 35.7 Å². The summed E-state index contributed by atoms with van der Waals surface area (Å²) < 4.78 is 62.8. The molecule has 0 aliphatic carbocycles. The topological polar surface area (TPSA) is 132 Å². The Labute approximate surface area is 216 Å². The zero-order valence-electron chi connectivity index (χ0n) is 18.0. The number of thiocarbonyl (C=S) groups is 1. The van der Waals surface area contributed by atoms with E-state index < -0.39 is 31.9 Å². The quantitative estimate of drug-likeness (QED) is 0.274. The van der Waals surface area contributed by atoms with Crippen LogP contribution in [0.5, 0.6) is 0 Å². The molecule has 0 bridgehead atoms. The van der Waals surface area contributed by atoms with E-state index in [-0.39, 0.29) is 23.0 Å². The van der Waals surface area contributed by atoms with Crippen LogP contribution in [0.2, 0.25) is 0 Å². The van der Waals surface area contributed by atoms with E-state index in [0.29, 0.717) is 11.4 Å². The summed E-state index contributed by atoms with van der Waals surface area (Å²) in [6.07, 6.45) is 3.53. The molecule has 2 heterocycles. The highest BCUT2D eigenvalue weighted by molar-refractivity contribution is 8.26. The molecule has 0 spiro atoms. The summed E-state index contributed by atoms with van der Waals surface area (Å²) in [6.45, 7) is 0.0818. The van der Waals surface area contributed by atoms with Gasteiger partial charge in [0.1, 0.15) is 4.32 Å². The Kier molecular flexibility index (Phi) is 7.62. The number of fused-ring (bicyclic) bond motifs is 3. The Morgan fingerprint density at radius 2 is 1.60 bits per heavy atom. The summed E-state index contributed by atoms with van der Waals surface area (Å²) in [4.78, 5) is 17.1. The van der Waals surface area contributed by atoms with Crippen LogP contribution in [0.1, 0.15) is 6.42 Å². The molecular formula is C21H20N2O7S5. The first-order valence-corrected chi connectivity index (χ1v) is 15.5. The predicted molar refractivity (Wildman–Crippen MR) is 143 cm³/mol. The number of carbonyl (C=O) groups is 1. The summed E-state index contributed by atoms with van der Waals surface area (Å²) in [7, 11) is -8.34. The molecule has 0 radical (unpaired) electrons. The first-order chi connectivity index (χ1) is 16.4. The van der Waals surface area contributed by atoms with E-state index in [2.05, 4.69) is 0 Å². The lowest BCUT2D eigenvalue weighted by Crippen LogP contribution is -2.32. The highest BCUT2D eigenvalue weighted by Crippen LogP contribution is 2.49. The Morgan fingerprint density at radius 1 is 0.886 bits per heavy atom. The molecule has 2 N–H and O–H groups in total. The van der Waals surface area contributed by atoms with Crippen LogP contribution in [-0.2, 0) is 25.0 Å². The molecule has 2 aliphatic rings. The largest absolute Gasteiger partial charge is 0.335 e. The van der Waals surface area contributed by atoms with E-state index in [1.54, 1.807) is 12.2 Å². The summed E-state index contributed by atoms with van der Waals surface area (Å²) in [5.74, 6) is -1.45. The zero-order valence-corrected chi connectivity index (χ0v) is 22.1. The summed E-state index contributed by atoms with van der Waals surface area (Å²) in [6, 6.07) is 11.8. The SMILES string of the molecule is O=C1C(=CC=C2Sc3c(ccc4ccccc34)N2CCCS(=O)(=O)O)SC(=S)N1CCS(=O)(=O)O. The van der Waals surface area contributed by atoms with Gasteiger partial charge in [-0.25, -0.2) is 0 Å². The van der Waals surface area contributed by atoms with Crippen molar-refractivity contribution in [2.45, 2.75) is 11.3 Å². The summed E-state index contributed by atoms with van der Waals surface area (Å²) in [5.41, 5.74) is 0.893. The lowest BCUT2D eigenvalue weighted by atomic mass is 10.1. The van der Waals surface area contributed by atoms with E-state index in [1.807, 2.05) is 41.3 Å². The van der Waals surface area contributed by atoms with Gasteiger partial charge in [0, 0.05) is 18.0 Å². The standard InChI is InChI=1S/C21H20N2O7S5/c24-20-17(32-21(31)23(20)11-13-35(28,29)30)8-9-18-22(10-3-12-34(25,26)27)16-7-6-14-4-1-2-5-15(14)19(16)33-18/h1-2,4-9H,3,10-13H2,(H,25,26,27)(H,28,29,30). The number of benzene rings is 2. The molecule has 2 aromatic carbocycles. The van der Waals surface area contributed by atoms with Crippen molar-refractivity contribution in [1.82, 2.24) is 4.90 Å². The molecule has 4 rings (SSSR count). The molecule has 35 heavy (non-hydrogen) atoms. The van der Waals surface area contributed by atoms with Crippen molar-refractivity contribution in [1.29, 1.82) is 0 Å². The van der Waals surface area contributed by atoms with Crippen LogP contribution in [0.4, 0.5) is 5.69 Å². The molecule has 1 amide bonds. The second kappa shape index (κ2) is 10.2. The molecule has 9 nitrogen and oxygen atoms in total. The Bertz CT molecular complexity index is 1480. The summed E-state index contributed by atoms with van der Waals surface area (Å²) >= 11 is 7.71. The van der Waals surface area contributed by atoms with Gasteiger partial charge in [0.2, 0.25) is 0 Å². The molecule has 14 heteroatoms. The van der Waals surface area contributed by atoms with Gasteiger partial charge in [-0.1, -0.05) is 66.1 Å². The Balaban J connectivity index is 1.63. The van der Waals surface area contributed by atoms with E-state index in [1.165, 1.54) is 11.8 Å². The van der Waals surface area contributed by atoms with Gasteiger partial charge in [-0.2, -0.15) is 16.8 Å². The fraction of sp³-hybridized carbons (Fsp3) is 0.238. The molecule has 0 saturated carbocycles. The fourth-order valence-electron chi connectivity index (χ4n) is 3.65. The van der Waals surface area contributed by atoms with Crippen molar-refractivity contribution in [2.75, 3.05) is 29.5 Å². The lowest BCUT2D eigenvalue weighted by molar-refractivity contribution is -0.122. The van der Waals surface area contributed by atoms with Crippen LogP contribution in [0, 0.1) is 0 Å². The average Bonchev–Trinajstić information content (AvgIpc) is 3.26. The van der Waals surface area contributed by atoms with E-state index in [9.17, 15) is 21.6 Å². The maximum absolute atomic E-state index is 12.7. The second-order valence-corrected chi connectivity index (χ2v) is 13.5. The molecular weight excluding hydrogens is 553 g/mol.